The van der Waals surface area contributed by atoms with Crippen molar-refractivity contribution in [3.63, 3.8) is 0 Å². The van der Waals surface area contributed by atoms with Gasteiger partial charge in [-0.2, -0.15) is 0 Å². The van der Waals surface area contributed by atoms with Gasteiger partial charge in [0, 0.05) is 25.5 Å². The van der Waals surface area contributed by atoms with Gasteiger partial charge in [0.15, 0.2) is 5.96 Å². The Labute approximate surface area is 168 Å². The van der Waals surface area contributed by atoms with Crippen molar-refractivity contribution in [1.29, 1.82) is 0 Å². The minimum absolute atomic E-state index is 0. The van der Waals surface area contributed by atoms with Crippen LogP contribution in [-0.4, -0.2) is 24.5 Å². The van der Waals surface area contributed by atoms with Crippen LogP contribution in [0.3, 0.4) is 0 Å². The molecule has 0 aliphatic carbocycles. The molecule has 0 fully saturated rings. The first-order valence-electron chi connectivity index (χ1n) is 8.60. The van der Waals surface area contributed by atoms with Gasteiger partial charge in [-0.25, -0.2) is 0 Å². The molecule has 0 spiro atoms. The minimum atomic E-state index is 0. The zero-order chi connectivity index (χ0) is 17.4. The SMILES string of the molecule is CCc1ccc(C(C)NC(=NC)NCCc2ccc(C)nc2)cc1.I. The average molecular weight is 452 g/mol. The number of pyridine rings is 1. The fraction of sp³-hybridized carbons (Fsp3) is 0.400. The number of aromatic nitrogens is 1. The lowest BCUT2D eigenvalue weighted by Gasteiger charge is -2.18. The highest BCUT2D eigenvalue weighted by Gasteiger charge is 2.07. The predicted octanol–water partition coefficient (Wildman–Crippen LogP) is 4.04. The predicted molar refractivity (Wildman–Crippen MR) is 117 cm³/mol. The summed E-state index contributed by atoms with van der Waals surface area (Å²) in [6.45, 7) is 7.15. The molecule has 0 saturated heterocycles. The van der Waals surface area contributed by atoms with Crippen LogP contribution in [0.2, 0.25) is 0 Å². The van der Waals surface area contributed by atoms with Gasteiger partial charge in [-0.05, 0) is 49.4 Å². The summed E-state index contributed by atoms with van der Waals surface area (Å²) in [4.78, 5) is 8.64. The summed E-state index contributed by atoms with van der Waals surface area (Å²) >= 11 is 0. The third-order valence-corrected chi connectivity index (χ3v) is 4.14. The number of aryl methyl sites for hydroxylation is 2. The molecule has 2 rings (SSSR count). The highest BCUT2D eigenvalue weighted by atomic mass is 127. The Morgan fingerprint density at radius 3 is 2.36 bits per heavy atom. The number of guanidine groups is 1. The second-order valence-electron chi connectivity index (χ2n) is 6.02. The van der Waals surface area contributed by atoms with E-state index in [2.05, 4.69) is 64.8 Å². The van der Waals surface area contributed by atoms with Crippen LogP contribution in [-0.2, 0) is 12.8 Å². The maximum atomic E-state index is 4.33. The van der Waals surface area contributed by atoms with E-state index in [0.717, 1.165) is 31.0 Å². The van der Waals surface area contributed by atoms with Crippen molar-refractivity contribution in [3.8, 4) is 0 Å². The molecule has 0 amide bonds. The van der Waals surface area contributed by atoms with E-state index in [1.54, 1.807) is 7.05 Å². The Bertz CT molecular complexity index is 650. The van der Waals surface area contributed by atoms with E-state index < -0.39 is 0 Å². The van der Waals surface area contributed by atoms with E-state index in [9.17, 15) is 0 Å². The first kappa shape index (κ1) is 21.4. The van der Waals surface area contributed by atoms with E-state index in [4.69, 9.17) is 0 Å². The van der Waals surface area contributed by atoms with Crippen molar-refractivity contribution in [2.45, 2.75) is 39.7 Å². The molecule has 2 N–H and O–H groups in total. The van der Waals surface area contributed by atoms with Crippen LogP contribution in [0.4, 0.5) is 0 Å². The largest absolute Gasteiger partial charge is 0.356 e. The van der Waals surface area contributed by atoms with Gasteiger partial charge in [-0.1, -0.05) is 37.3 Å². The van der Waals surface area contributed by atoms with Gasteiger partial charge in [-0.15, -0.1) is 24.0 Å². The molecule has 0 aliphatic rings. The van der Waals surface area contributed by atoms with Crippen molar-refractivity contribution >= 4 is 29.9 Å². The normalized spacial score (nSPS) is 12.2. The van der Waals surface area contributed by atoms with Crippen molar-refractivity contribution in [1.82, 2.24) is 15.6 Å². The number of hydrogen-bond acceptors (Lipinski definition) is 2. The molecule has 1 unspecified atom stereocenters. The molecule has 136 valence electrons. The van der Waals surface area contributed by atoms with Crippen molar-refractivity contribution in [2.24, 2.45) is 4.99 Å². The highest BCUT2D eigenvalue weighted by molar-refractivity contribution is 14.0. The lowest BCUT2D eigenvalue weighted by atomic mass is 10.1. The van der Waals surface area contributed by atoms with Crippen LogP contribution < -0.4 is 10.6 Å². The van der Waals surface area contributed by atoms with Gasteiger partial charge in [0.1, 0.15) is 0 Å². The Hall–Kier alpha value is -1.63. The summed E-state index contributed by atoms with van der Waals surface area (Å²) in [5, 5.41) is 6.81. The van der Waals surface area contributed by atoms with E-state index in [1.165, 1.54) is 16.7 Å². The zero-order valence-corrected chi connectivity index (χ0v) is 17.9. The fourth-order valence-corrected chi connectivity index (χ4v) is 2.50. The highest BCUT2D eigenvalue weighted by Crippen LogP contribution is 2.13. The van der Waals surface area contributed by atoms with E-state index in [1.807, 2.05) is 19.2 Å². The molecule has 0 bridgehead atoms. The topological polar surface area (TPSA) is 49.3 Å². The van der Waals surface area contributed by atoms with Crippen LogP contribution >= 0.6 is 24.0 Å². The number of hydrogen-bond donors (Lipinski definition) is 2. The Kier molecular flexibility index (Phi) is 9.49. The molecule has 0 aliphatic heterocycles. The van der Waals surface area contributed by atoms with Crippen LogP contribution in [0, 0.1) is 6.92 Å². The monoisotopic (exact) mass is 452 g/mol. The summed E-state index contributed by atoms with van der Waals surface area (Å²) < 4.78 is 0. The third-order valence-electron chi connectivity index (χ3n) is 4.14. The lowest BCUT2D eigenvalue weighted by molar-refractivity contribution is 0.684. The van der Waals surface area contributed by atoms with Crippen LogP contribution in [0.5, 0.6) is 0 Å². The first-order chi connectivity index (χ1) is 11.6. The number of halogens is 1. The second kappa shape index (κ2) is 11.1. The first-order valence-corrected chi connectivity index (χ1v) is 8.60. The molecule has 1 heterocycles. The summed E-state index contributed by atoms with van der Waals surface area (Å²) in [6, 6.07) is 13.1. The van der Waals surface area contributed by atoms with Gasteiger partial charge in [0.05, 0.1) is 6.04 Å². The fourth-order valence-electron chi connectivity index (χ4n) is 2.50. The Morgan fingerprint density at radius 2 is 1.80 bits per heavy atom. The van der Waals surface area contributed by atoms with E-state index >= 15 is 0 Å². The molecular formula is C20H29IN4. The van der Waals surface area contributed by atoms with Crippen LogP contribution in [0.25, 0.3) is 0 Å². The number of benzene rings is 1. The molecule has 2 aromatic rings. The molecule has 0 radical (unpaired) electrons. The van der Waals surface area contributed by atoms with E-state index in [0.29, 0.717) is 0 Å². The van der Waals surface area contributed by atoms with Gasteiger partial charge in [-0.3, -0.25) is 9.98 Å². The number of rotatable bonds is 6. The lowest BCUT2D eigenvalue weighted by Crippen LogP contribution is -2.39. The summed E-state index contributed by atoms with van der Waals surface area (Å²) in [7, 11) is 1.80. The molecule has 1 aromatic carbocycles. The quantitative estimate of drug-likeness (QED) is 0.395. The molecule has 25 heavy (non-hydrogen) atoms. The zero-order valence-electron chi connectivity index (χ0n) is 15.5. The summed E-state index contributed by atoms with van der Waals surface area (Å²) in [5.74, 6) is 0.821. The number of nitrogens with one attached hydrogen (secondary N) is 2. The molecule has 4 nitrogen and oxygen atoms in total. The molecule has 0 saturated carbocycles. The van der Waals surface area contributed by atoms with E-state index in [-0.39, 0.29) is 30.0 Å². The Morgan fingerprint density at radius 1 is 1.12 bits per heavy atom. The standard InChI is InChI=1S/C20H28N4.HI/c1-5-17-8-10-19(11-9-17)16(3)24-20(21-4)22-13-12-18-7-6-15(2)23-14-18;/h6-11,14,16H,5,12-13H2,1-4H3,(H2,21,22,24);1H. The van der Waals surface area contributed by atoms with Crippen molar-refractivity contribution in [3.05, 3.63) is 65.0 Å². The van der Waals surface area contributed by atoms with Crippen LogP contribution in [0.1, 0.15) is 42.3 Å². The number of aliphatic imine (C=N–C) groups is 1. The summed E-state index contributed by atoms with van der Waals surface area (Å²) in [5.41, 5.74) is 4.90. The maximum Gasteiger partial charge on any atom is 0.191 e. The minimum Gasteiger partial charge on any atom is -0.356 e. The molecule has 1 aromatic heterocycles. The molecule has 1 atom stereocenters. The Balaban J connectivity index is 0.00000312. The third kappa shape index (κ3) is 7.02. The maximum absolute atomic E-state index is 4.33. The number of nitrogens with zero attached hydrogens (tertiary/aromatic N) is 2. The van der Waals surface area contributed by atoms with Gasteiger partial charge >= 0.3 is 0 Å². The van der Waals surface area contributed by atoms with Crippen molar-refractivity contribution < 1.29 is 0 Å². The summed E-state index contributed by atoms with van der Waals surface area (Å²) in [6.07, 6.45) is 3.93. The van der Waals surface area contributed by atoms with Gasteiger partial charge in [0.2, 0.25) is 0 Å². The second-order valence-corrected chi connectivity index (χ2v) is 6.02. The van der Waals surface area contributed by atoms with Gasteiger partial charge < -0.3 is 10.6 Å². The van der Waals surface area contributed by atoms with Crippen LogP contribution in [0.15, 0.2) is 47.6 Å². The molecule has 5 heteroatoms. The average Bonchev–Trinajstić information content (AvgIpc) is 2.62. The molecular weight excluding hydrogens is 423 g/mol. The van der Waals surface area contributed by atoms with Crippen molar-refractivity contribution in [2.75, 3.05) is 13.6 Å². The van der Waals surface area contributed by atoms with Gasteiger partial charge in [0.25, 0.3) is 0 Å². The smallest absolute Gasteiger partial charge is 0.191 e.